The fourth-order valence-corrected chi connectivity index (χ4v) is 4.66. The number of rotatable bonds is 6. The Morgan fingerprint density at radius 1 is 0.486 bits per heavy atom. The second-order valence-corrected chi connectivity index (χ2v) is 8.73. The van der Waals surface area contributed by atoms with Gasteiger partial charge in [-0.1, -0.05) is 78.9 Å². The van der Waals surface area contributed by atoms with Crippen molar-refractivity contribution >= 4 is 40.0 Å². The van der Waals surface area contributed by atoms with Gasteiger partial charge in [-0.2, -0.15) is 0 Å². The molecule has 0 unspecified atom stereocenters. The first-order valence-corrected chi connectivity index (χ1v) is 12.0. The molecule has 2 N–H and O–H groups in total. The van der Waals surface area contributed by atoms with Crippen LogP contribution in [0.15, 0.2) is 127 Å². The van der Waals surface area contributed by atoms with Crippen molar-refractivity contribution in [3.05, 3.63) is 150 Å². The number of fused-ring (bicyclic) bond motifs is 2. The average molecular weight is 482 g/mol. The molecule has 0 saturated heterocycles. The van der Waals surface area contributed by atoms with Gasteiger partial charge in [0.15, 0.2) is 11.6 Å². The normalized spacial score (nSPS) is 11.9. The Kier molecular flexibility index (Phi) is 5.71. The Hall–Kier alpha value is -5.16. The van der Waals surface area contributed by atoms with Crippen LogP contribution in [-0.4, -0.2) is 11.6 Å². The smallest absolute Gasteiger partial charge is 0.196 e. The van der Waals surface area contributed by atoms with E-state index in [0.717, 1.165) is 17.1 Å². The lowest BCUT2D eigenvalue weighted by molar-refractivity contribution is 0.0980. The monoisotopic (exact) mass is 481 g/mol. The van der Waals surface area contributed by atoms with E-state index in [9.17, 15) is 9.59 Å². The Bertz CT molecular complexity index is 1600. The first-order valence-electron chi connectivity index (χ1n) is 12.0. The molecule has 5 aromatic carbocycles. The molecular weight excluding hydrogens is 458 g/mol. The minimum atomic E-state index is -0.187. The average Bonchev–Trinajstić information content (AvgIpc) is 2.96. The van der Waals surface area contributed by atoms with E-state index in [-0.39, 0.29) is 11.6 Å². The van der Waals surface area contributed by atoms with Crippen molar-refractivity contribution in [2.24, 2.45) is 0 Å². The summed E-state index contributed by atoms with van der Waals surface area (Å²) in [5.74, 6) is -0.370. The van der Waals surface area contributed by atoms with Crippen molar-refractivity contribution in [2.75, 3.05) is 15.8 Å². The standard InChI is InChI=1S/C32H23N3O2/c36-31-25-18-10-11-19-26(25)32(37)30-28(21-20-27(29(30)31)33-22-12-4-1-5-13-22)35(24-16-8-3-9-17-24)34-23-14-6-2-7-15-23/h1-21,33-34H. The third-order valence-corrected chi connectivity index (χ3v) is 6.38. The molecule has 0 atom stereocenters. The summed E-state index contributed by atoms with van der Waals surface area (Å²) < 4.78 is 0. The Morgan fingerprint density at radius 3 is 1.62 bits per heavy atom. The molecule has 5 aromatic rings. The number of nitrogens with one attached hydrogen (secondary N) is 2. The molecule has 0 fully saturated rings. The molecule has 6 rings (SSSR count). The van der Waals surface area contributed by atoms with Gasteiger partial charge in [0.25, 0.3) is 0 Å². The molecule has 1 aliphatic carbocycles. The third-order valence-electron chi connectivity index (χ3n) is 6.38. The summed E-state index contributed by atoms with van der Waals surface area (Å²) in [7, 11) is 0. The first kappa shape index (κ1) is 22.3. The number of carbonyl (C=O) groups is 2. The van der Waals surface area contributed by atoms with Gasteiger partial charge in [-0.3, -0.25) is 20.0 Å². The van der Waals surface area contributed by atoms with Crippen LogP contribution in [-0.2, 0) is 0 Å². The number of ketones is 2. The van der Waals surface area contributed by atoms with Gasteiger partial charge in [-0.05, 0) is 48.5 Å². The lowest BCUT2D eigenvalue weighted by atomic mass is 9.82. The summed E-state index contributed by atoms with van der Waals surface area (Å²) >= 11 is 0. The summed E-state index contributed by atoms with van der Waals surface area (Å²) in [6, 6.07) is 39.9. The fourth-order valence-electron chi connectivity index (χ4n) is 4.66. The summed E-state index contributed by atoms with van der Waals surface area (Å²) in [6.45, 7) is 0. The number of para-hydroxylation sites is 3. The molecule has 0 bridgehead atoms. The zero-order valence-corrected chi connectivity index (χ0v) is 19.9. The summed E-state index contributed by atoms with van der Waals surface area (Å²) in [5, 5.41) is 5.22. The fraction of sp³-hybridized carbons (Fsp3) is 0. The molecule has 37 heavy (non-hydrogen) atoms. The molecule has 0 amide bonds. The van der Waals surface area contributed by atoms with Crippen LogP contribution in [0.5, 0.6) is 0 Å². The van der Waals surface area contributed by atoms with E-state index in [1.54, 1.807) is 24.3 Å². The maximum atomic E-state index is 14.0. The largest absolute Gasteiger partial charge is 0.355 e. The van der Waals surface area contributed by atoms with E-state index in [4.69, 9.17) is 0 Å². The lowest BCUT2D eigenvalue weighted by Gasteiger charge is -2.31. The van der Waals surface area contributed by atoms with E-state index in [0.29, 0.717) is 33.6 Å². The maximum Gasteiger partial charge on any atom is 0.196 e. The molecule has 0 radical (unpaired) electrons. The van der Waals surface area contributed by atoms with Crippen molar-refractivity contribution in [1.29, 1.82) is 0 Å². The highest BCUT2D eigenvalue weighted by atomic mass is 16.1. The predicted octanol–water partition coefficient (Wildman–Crippen LogP) is 7.37. The van der Waals surface area contributed by atoms with E-state index in [1.807, 2.05) is 108 Å². The molecule has 5 heteroatoms. The third kappa shape index (κ3) is 4.13. The van der Waals surface area contributed by atoms with Crippen LogP contribution in [0, 0.1) is 0 Å². The van der Waals surface area contributed by atoms with E-state index in [1.165, 1.54) is 0 Å². The van der Waals surface area contributed by atoms with Crippen LogP contribution in [0.3, 0.4) is 0 Å². The molecule has 0 saturated carbocycles. The van der Waals surface area contributed by atoms with Crippen molar-refractivity contribution in [2.45, 2.75) is 0 Å². The number of benzene rings is 5. The van der Waals surface area contributed by atoms with Gasteiger partial charge in [-0.15, -0.1) is 0 Å². The first-order chi connectivity index (χ1) is 18.2. The Labute approximate surface area is 215 Å². The molecule has 0 aliphatic heterocycles. The van der Waals surface area contributed by atoms with Crippen LogP contribution < -0.4 is 15.8 Å². The zero-order valence-electron chi connectivity index (χ0n) is 19.9. The van der Waals surface area contributed by atoms with Gasteiger partial charge in [0.1, 0.15) is 0 Å². The number of hydrogen-bond acceptors (Lipinski definition) is 5. The predicted molar refractivity (Wildman–Crippen MR) is 148 cm³/mol. The number of carbonyl (C=O) groups excluding carboxylic acids is 2. The Morgan fingerprint density at radius 2 is 1.00 bits per heavy atom. The highest BCUT2D eigenvalue weighted by Crippen LogP contribution is 2.41. The summed E-state index contributed by atoms with van der Waals surface area (Å²) in [5.41, 5.74) is 8.67. The van der Waals surface area contributed by atoms with E-state index in [2.05, 4.69) is 10.7 Å². The summed E-state index contributed by atoms with van der Waals surface area (Å²) in [6.07, 6.45) is 0. The number of hydrazine groups is 1. The van der Waals surface area contributed by atoms with Crippen LogP contribution in [0.1, 0.15) is 31.8 Å². The van der Waals surface area contributed by atoms with Gasteiger partial charge >= 0.3 is 0 Å². The minimum absolute atomic E-state index is 0.182. The second-order valence-electron chi connectivity index (χ2n) is 8.73. The molecule has 0 heterocycles. The minimum Gasteiger partial charge on any atom is -0.355 e. The maximum absolute atomic E-state index is 14.0. The van der Waals surface area contributed by atoms with Gasteiger partial charge < -0.3 is 5.32 Å². The molecule has 178 valence electrons. The van der Waals surface area contributed by atoms with E-state index < -0.39 is 0 Å². The quantitative estimate of drug-likeness (QED) is 0.243. The van der Waals surface area contributed by atoms with Crippen molar-refractivity contribution in [3.63, 3.8) is 0 Å². The topological polar surface area (TPSA) is 61.4 Å². The Balaban J connectivity index is 1.57. The molecule has 5 nitrogen and oxygen atoms in total. The highest BCUT2D eigenvalue weighted by molar-refractivity contribution is 6.32. The second kappa shape index (κ2) is 9.47. The van der Waals surface area contributed by atoms with Crippen molar-refractivity contribution in [1.82, 2.24) is 0 Å². The molecule has 1 aliphatic rings. The molecule has 0 aromatic heterocycles. The molecule has 0 spiro atoms. The van der Waals surface area contributed by atoms with Crippen molar-refractivity contribution < 1.29 is 9.59 Å². The van der Waals surface area contributed by atoms with Gasteiger partial charge in [0, 0.05) is 16.8 Å². The zero-order chi connectivity index (χ0) is 25.2. The number of hydrogen-bond donors (Lipinski definition) is 2. The van der Waals surface area contributed by atoms with Gasteiger partial charge in [0.2, 0.25) is 0 Å². The van der Waals surface area contributed by atoms with E-state index >= 15 is 0 Å². The van der Waals surface area contributed by atoms with Gasteiger partial charge in [0.05, 0.1) is 33.9 Å². The van der Waals surface area contributed by atoms with Gasteiger partial charge in [-0.25, -0.2) is 0 Å². The van der Waals surface area contributed by atoms with Crippen LogP contribution in [0.2, 0.25) is 0 Å². The summed E-state index contributed by atoms with van der Waals surface area (Å²) in [4.78, 5) is 27.9. The highest BCUT2D eigenvalue weighted by Gasteiger charge is 2.35. The van der Waals surface area contributed by atoms with Crippen LogP contribution >= 0.6 is 0 Å². The lowest BCUT2D eigenvalue weighted by Crippen LogP contribution is -2.30. The molecular formula is C32H23N3O2. The van der Waals surface area contributed by atoms with Crippen molar-refractivity contribution in [3.8, 4) is 0 Å². The van der Waals surface area contributed by atoms with Crippen LogP contribution in [0.4, 0.5) is 28.4 Å². The number of anilines is 5. The van der Waals surface area contributed by atoms with Crippen LogP contribution in [0.25, 0.3) is 0 Å². The SMILES string of the molecule is O=C1c2ccccc2C(=O)c2c(N(Nc3ccccc3)c3ccccc3)ccc(Nc3ccccc3)c21. The number of nitrogens with zero attached hydrogens (tertiary/aromatic N) is 1.